The van der Waals surface area contributed by atoms with E-state index in [9.17, 15) is 0 Å². The first-order valence-corrected chi connectivity index (χ1v) is 3.48. The molecule has 0 atom stereocenters. The molecule has 0 spiro atoms. The molecule has 0 fully saturated rings. The van der Waals surface area contributed by atoms with E-state index in [1.54, 1.807) is 12.2 Å². The summed E-state index contributed by atoms with van der Waals surface area (Å²) in [6, 6.07) is 0. The molecule has 2 heteroatoms. The van der Waals surface area contributed by atoms with E-state index < -0.39 is 0 Å². The van der Waals surface area contributed by atoms with Crippen LogP contribution in [0.15, 0.2) is 35.9 Å². The molecule has 1 N–H and O–H groups in total. The van der Waals surface area contributed by atoms with Crippen LogP contribution in [0.4, 0.5) is 0 Å². The molecule has 0 aromatic rings. The molecule has 56 valence electrons. The zero-order valence-electron chi connectivity index (χ0n) is 5.76. The van der Waals surface area contributed by atoms with Gasteiger partial charge in [0.1, 0.15) is 0 Å². The molecule has 0 amide bonds. The first-order chi connectivity index (χ1) is 4.85. The van der Waals surface area contributed by atoms with Crippen LogP contribution in [-0.2, 0) is 0 Å². The van der Waals surface area contributed by atoms with E-state index in [1.807, 2.05) is 6.08 Å². The molecule has 0 radical (unpaired) electrons. The number of aliphatic hydroxyl groups is 1. The number of rotatable bonds is 4. The molecule has 0 aliphatic carbocycles. The van der Waals surface area contributed by atoms with Gasteiger partial charge in [0.2, 0.25) is 0 Å². The molecule has 0 aliphatic rings. The van der Waals surface area contributed by atoms with Gasteiger partial charge in [0, 0.05) is 12.1 Å². The van der Waals surface area contributed by atoms with Gasteiger partial charge < -0.3 is 5.11 Å². The molecule has 0 heterocycles. The minimum absolute atomic E-state index is 0.147. The average molecular weight is 159 g/mol. The summed E-state index contributed by atoms with van der Waals surface area (Å²) in [5.41, 5.74) is 2.40. The number of hydrogen-bond acceptors (Lipinski definition) is 1. The van der Waals surface area contributed by atoms with E-state index in [-0.39, 0.29) is 6.61 Å². The molecule has 0 rings (SSSR count). The predicted octanol–water partition coefficient (Wildman–Crippen LogP) is 2.23. The van der Waals surface area contributed by atoms with Gasteiger partial charge in [0.15, 0.2) is 0 Å². The van der Waals surface area contributed by atoms with Crippen molar-refractivity contribution >= 4 is 11.6 Å². The maximum absolute atomic E-state index is 8.52. The maximum Gasteiger partial charge on any atom is 0.0471 e. The zero-order chi connectivity index (χ0) is 7.82. The third-order valence-electron chi connectivity index (χ3n) is 1.05. The second-order valence-electron chi connectivity index (χ2n) is 1.74. The van der Waals surface area contributed by atoms with Crippen LogP contribution in [0.3, 0.4) is 0 Å². The highest BCUT2D eigenvalue weighted by atomic mass is 35.5. The number of aliphatic hydroxyl groups excluding tert-OH is 1. The van der Waals surface area contributed by atoms with E-state index in [4.69, 9.17) is 16.7 Å². The Hall–Kier alpha value is -0.530. The Kier molecular flexibility index (Phi) is 6.24. The highest BCUT2D eigenvalue weighted by Crippen LogP contribution is 2.01. The summed E-state index contributed by atoms with van der Waals surface area (Å²) in [7, 11) is 0. The highest BCUT2D eigenvalue weighted by Gasteiger charge is 1.85. The topological polar surface area (TPSA) is 20.2 Å². The summed E-state index contributed by atoms with van der Waals surface area (Å²) in [6.07, 6.45) is 5.85. The van der Waals surface area contributed by atoms with Crippen molar-refractivity contribution in [1.82, 2.24) is 0 Å². The first kappa shape index (κ1) is 9.47. The summed E-state index contributed by atoms with van der Waals surface area (Å²) >= 11 is 5.28. The van der Waals surface area contributed by atoms with Crippen LogP contribution in [0.2, 0.25) is 0 Å². The third-order valence-corrected chi connectivity index (χ3v) is 1.19. The van der Waals surface area contributed by atoms with Crippen molar-refractivity contribution in [2.24, 2.45) is 0 Å². The van der Waals surface area contributed by atoms with E-state index >= 15 is 0 Å². The monoisotopic (exact) mass is 158 g/mol. The predicted molar refractivity (Wildman–Crippen MR) is 45.0 cm³/mol. The SMILES string of the molecule is C=CC(=CC=CCl)CCO. The lowest BCUT2D eigenvalue weighted by Crippen LogP contribution is -1.83. The standard InChI is InChI=1S/C8H11ClO/c1-2-8(5-7-10)4-3-6-9/h2-4,6,10H,1,5,7H2. The van der Waals surface area contributed by atoms with Crippen LogP contribution in [0, 0.1) is 0 Å². The van der Waals surface area contributed by atoms with E-state index in [1.165, 1.54) is 5.54 Å². The van der Waals surface area contributed by atoms with E-state index in [0.29, 0.717) is 6.42 Å². The van der Waals surface area contributed by atoms with Crippen molar-refractivity contribution < 1.29 is 5.11 Å². The van der Waals surface area contributed by atoms with Gasteiger partial charge >= 0.3 is 0 Å². The van der Waals surface area contributed by atoms with Gasteiger partial charge in [0.25, 0.3) is 0 Å². The van der Waals surface area contributed by atoms with Crippen LogP contribution in [0.25, 0.3) is 0 Å². The summed E-state index contributed by atoms with van der Waals surface area (Å²) in [6.45, 7) is 3.72. The van der Waals surface area contributed by atoms with Crippen LogP contribution >= 0.6 is 11.6 Å². The Balaban J connectivity index is 3.90. The van der Waals surface area contributed by atoms with Crippen molar-refractivity contribution in [3.05, 3.63) is 35.9 Å². The average Bonchev–Trinajstić information content (AvgIpc) is 1.98. The van der Waals surface area contributed by atoms with Gasteiger partial charge in [-0.3, -0.25) is 0 Å². The van der Waals surface area contributed by atoms with Gasteiger partial charge in [-0.25, -0.2) is 0 Å². The Labute approximate surface area is 66.3 Å². The summed E-state index contributed by atoms with van der Waals surface area (Å²) < 4.78 is 0. The maximum atomic E-state index is 8.52. The quantitative estimate of drug-likeness (QED) is 0.623. The lowest BCUT2D eigenvalue weighted by Gasteiger charge is -1.93. The summed E-state index contributed by atoms with van der Waals surface area (Å²) in [5, 5.41) is 8.52. The van der Waals surface area contributed by atoms with Crippen molar-refractivity contribution in [2.45, 2.75) is 6.42 Å². The van der Waals surface area contributed by atoms with Crippen LogP contribution < -0.4 is 0 Å². The number of halogens is 1. The fourth-order valence-electron chi connectivity index (χ4n) is 0.543. The molecule has 0 aromatic heterocycles. The first-order valence-electron chi connectivity index (χ1n) is 3.04. The minimum atomic E-state index is 0.147. The van der Waals surface area contributed by atoms with E-state index in [2.05, 4.69) is 6.58 Å². The number of hydrogen-bond donors (Lipinski definition) is 1. The normalized spacial score (nSPS) is 12.4. The second kappa shape index (κ2) is 6.59. The smallest absolute Gasteiger partial charge is 0.0471 e. The van der Waals surface area contributed by atoms with Crippen molar-refractivity contribution in [3.8, 4) is 0 Å². The van der Waals surface area contributed by atoms with Gasteiger partial charge in [-0.1, -0.05) is 36.4 Å². The van der Waals surface area contributed by atoms with Gasteiger partial charge in [0.05, 0.1) is 0 Å². The summed E-state index contributed by atoms with van der Waals surface area (Å²) in [4.78, 5) is 0. The molecule has 10 heavy (non-hydrogen) atoms. The molecule has 0 bridgehead atoms. The third kappa shape index (κ3) is 4.36. The van der Waals surface area contributed by atoms with Gasteiger partial charge in [-0.05, 0) is 12.0 Å². The fourth-order valence-corrected chi connectivity index (χ4v) is 0.615. The second-order valence-corrected chi connectivity index (χ2v) is 1.99. The molecule has 0 saturated heterocycles. The Bertz CT molecular complexity index is 147. The van der Waals surface area contributed by atoms with Crippen molar-refractivity contribution in [1.29, 1.82) is 0 Å². The Morgan fingerprint density at radius 3 is 2.70 bits per heavy atom. The Morgan fingerprint density at radius 2 is 2.30 bits per heavy atom. The minimum Gasteiger partial charge on any atom is -0.396 e. The molecule has 0 unspecified atom stereocenters. The van der Waals surface area contributed by atoms with Crippen LogP contribution in [0.5, 0.6) is 0 Å². The molecule has 0 saturated carbocycles. The fraction of sp³-hybridized carbons (Fsp3) is 0.250. The largest absolute Gasteiger partial charge is 0.396 e. The van der Waals surface area contributed by atoms with Crippen molar-refractivity contribution in [3.63, 3.8) is 0 Å². The molecule has 0 aromatic carbocycles. The van der Waals surface area contributed by atoms with Crippen LogP contribution in [0.1, 0.15) is 6.42 Å². The lowest BCUT2D eigenvalue weighted by atomic mass is 10.2. The Morgan fingerprint density at radius 1 is 1.60 bits per heavy atom. The van der Waals surface area contributed by atoms with Gasteiger partial charge in [-0.15, -0.1) is 0 Å². The van der Waals surface area contributed by atoms with Crippen LogP contribution in [-0.4, -0.2) is 11.7 Å². The molecule has 0 aliphatic heterocycles. The number of allylic oxidation sites excluding steroid dienone is 3. The molecular formula is C8H11ClO. The van der Waals surface area contributed by atoms with Gasteiger partial charge in [-0.2, -0.15) is 0 Å². The van der Waals surface area contributed by atoms with E-state index in [0.717, 1.165) is 5.57 Å². The highest BCUT2D eigenvalue weighted by molar-refractivity contribution is 6.25. The summed E-state index contributed by atoms with van der Waals surface area (Å²) in [5.74, 6) is 0. The van der Waals surface area contributed by atoms with Crippen molar-refractivity contribution in [2.75, 3.05) is 6.61 Å². The zero-order valence-corrected chi connectivity index (χ0v) is 6.51. The molecular weight excluding hydrogens is 148 g/mol. The molecule has 1 nitrogen and oxygen atoms in total. The lowest BCUT2D eigenvalue weighted by molar-refractivity contribution is 0.300.